The first-order chi connectivity index (χ1) is 21.7. The molecule has 1 aliphatic heterocycles. The van der Waals surface area contributed by atoms with Crippen LogP contribution in [0.15, 0.2) is 16.1 Å². The number of hydrogen-bond acceptors (Lipinski definition) is 16. The summed E-state index contributed by atoms with van der Waals surface area (Å²) in [5.41, 5.74) is 33.6. The predicted octanol–water partition coefficient (Wildman–Crippen LogP) is -8.09. The molecule has 11 atom stereocenters. The van der Waals surface area contributed by atoms with Gasteiger partial charge in [0.1, 0.15) is 43.1 Å². The van der Waals surface area contributed by atoms with Crippen LogP contribution in [-0.2, 0) is 25.6 Å². The summed E-state index contributed by atoms with van der Waals surface area (Å²) in [6.45, 7) is -0.822. The standard InChI is InChI=1S/C24H41N13O9/c25-7-3-8(26)18(17(42)14(7)39)46-22-12(27)16(41)15(40)10(45-22)4-32-20(43)9(1-2-31-23(28)29)34-11(38)5-37-6-33-13-19(37)35-24(30)36-21(13)44/h6-10,12,14-18,22,39-42H,1-5,25-27H2,(H,32,43)(H,34,38)(H4,28,29,31)(H3,30,35,36,44)/t7-,8+,9?,10-,12-,14+,15-,16-,17-,18-,22-/m1/s1. The number of carbonyl (C=O) groups excluding carboxylic acids is 2. The number of nitrogens with zero attached hydrogens (tertiary/aromatic N) is 4. The molecule has 256 valence electrons. The third-order valence-electron chi connectivity index (χ3n) is 7.78. The van der Waals surface area contributed by atoms with Crippen molar-refractivity contribution < 1.29 is 39.5 Å². The Balaban J connectivity index is 1.42. The first-order valence-electron chi connectivity index (χ1n) is 14.3. The van der Waals surface area contributed by atoms with Gasteiger partial charge in [-0.05, 0) is 12.8 Å². The molecule has 19 N–H and O–H groups in total. The lowest BCUT2D eigenvalue weighted by molar-refractivity contribution is -0.288. The molecule has 2 aromatic rings. The Hall–Kier alpha value is -4.00. The first kappa shape index (κ1) is 34.9. The Bertz CT molecular complexity index is 1470. The van der Waals surface area contributed by atoms with Gasteiger partial charge in [-0.25, -0.2) is 4.98 Å². The lowest BCUT2D eigenvalue weighted by Crippen LogP contribution is -2.67. The van der Waals surface area contributed by atoms with E-state index in [-0.39, 0.29) is 55.5 Å². The fourth-order valence-electron chi connectivity index (χ4n) is 5.27. The van der Waals surface area contributed by atoms with Gasteiger partial charge in [0, 0.05) is 25.2 Å². The predicted molar refractivity (Wildman–Crippen MR) is 159 cm³/mol. The van der Waals surface area contributed by atoms with Gasteiger partial charge in [-0.3, -0.25) is 24.4 Å². The number of aliphatic imine (C=N–C) groups is 1. The van der Waals surface area contributed by atoms with Crippen LogP contribution in [0.4, 0.5) is 5.95 Å². The highest BCUT2D eigenvalue weighted by atomic mass is 16.7. The van der Waals surface area contributed by atoms with Gasteiger partial charge in [-0.2, -0.15) is 4.98 Å². The molecule has 46 heavy (non-hydrogen) atoms. The number of aliphatic hydroxyl groups excluding tert-OH is 4. The Kier molecular flexibility index (Phi) is 11.1. The normalized spacial score (nSPS) is 32.1. The second kappa shape index (κ2) is 14.6. The molecule has 2 amide bonds. The number of carbonyl (C=O) groups is 2. The molecule has 1 unspecified atom stereocenters. The van der Waals surface area contributed by atoms with Crippen LogP contribution in [0.5, 0.6) is 0 Å². The van der Waals surface area contributed by atoms with Gasteiger partial charge in [0.15, 0.2) is 23.4 Å². The number of amides is 2. The van der Waals surface area contributed by atoms with Crippen molar-refractivity contribution in [1.82, 2.24) is 30.2 Å². The minimum Gasteiger partial charge on any atom is -0.389 e. The highest BCUT2D eigenvalue weighted by Crippen LogP contribution is 2.27. The number of nitrogen functional groups attached to an aromatic ring is 1. The number of hydrogen-bond donors (Lipinski definition) is 13. The van der Waals surface area contributed by atoms with Crippen molar-refractivity contribution in [1.29, 1.82) is 0 Å². The molecule has 2 fully saturated rings. The maximum absolute atomic E-state index is 13.2. The molecular formula is C24H41N13O9. The summed E-state index contributed by atoms with van der Waals surface area (Å²) in [5, 5.41) is 46.9. The van der Waals surface area contributed by atoms with Crippen LogP contribution < -0.4 is 50.6 Å². The Morgan fingerprint density at radius 1 is 1.13 bits per heavy atom. The highest BCUT2D eigenvalue weighted by Gasteiger charge is 2.48. The van der Waals surface area contributed by atoms with Gasteiger partial charge >= 0.3 is 0 Å². The van der Waals surface area contributed by atoms with E-state index in [1.807, 2.05) is 0 Å². The van der Waals surface area contributed by atoms with Crippen molar-refractivity contribution in [2.75, 3.05) is 18.8 Å². The molecule has 0 bridgehead atoms. The van der Waals surface area contributed by atoms with E-state index in [1.165, 1.54) is 10.9 Å². The third kappa shape index (κ3) is 7.86. The molecular weight excluding hydrogens is 614 g/mol. The van der Waals surface area contributed by atoms with Gasteiger partial charge in [0.05, 0.1) is 18.5 Å². The monoisotopic (exact) mass is 655 g/mol. The first-order valence-corrected chi connectivity index (χ1v) is 14.3. The average Bonchev–Trinajstić information content (AvgIpc) is 3.38. The number of nitrogens with two attached hydrogens (primary N) is 6. The van der Waals surface area contributed by atoms with Gasteiger partial charge in [-0.15, -0.1) is 0 Å². The molecule has 0 aromatic carbocycles. The van der Waals surface area contributed by atoms with Crippen molar-refractivity contribution >= 4 is 34.9 Å². The van der Waals surface area contributed by atoms with E-state index in [2.05, 4.69) is 30.6 Å². The summed E-state index contributed by atoms with van der Waals surface area (Å²) in [5.74, 6) is -1.82. The summed E-state index contributed by atoms with van der Waals surface area (Å²) < 4.78 is 12.8. The number of fused-ring (bicyclic) bond motifs is 1. The summed E-state index contributed by atoms with van der Waals surface area (Å²) >= 11 is 0. The minimum atomic E-state index is -1.58. The van der Waals surface area contributed by atoms with E-state index in [9.17, 15) is 34.8 Å². The Morgan fingerprint density at radius 3 is 2.54 bits per heavy atom. The summed E-state index contributed by atoms with van der Waals surface area (Å²) in [6, 6.07) is -4.09. The highest BCUT2D eigenvalue weighted by molar-refractivity contribution is 5.88. The minimum absolute atomic E-state index is 0.0426. The van der Waals surface area contributed by atoms with E-state index in [0.717, 1.165) is 0 Å². The van der Waals surface area contributed by atoms with E-state index in [0.29, 0.717) is 0 Å². The molecule has 4 rings (SSSR count). The topological polar surface area (TPSA) is 390 Å². The number of rotatable bonds is 11. The molecule has 22 heteroatoms. The molecule has 0 radical (unpaired) electrons. The van der Waals surface area contributed by atoms with Crippen LogP contribution >= 0.6 is 0 Å². The van der Waals surface area contributed by atoms with Gasteiger partial charge in [-0.1, -0.05) is 0 Å². The zero-order chi connectivity index (χ0) is 33.9. The maximum atomic E-state index is 13.2. The van der Waals surface area contributed by atoms with Crippen LogP contribution in [0, 0.1) is 0 Å². The van der Waals surface area contributed by atoms with Crippen LogP contribution in [0.2, 0.25) is 0 Å². The number of aromatic nitrogens is 4. The van der Waals surface area contributed by atoms with E-state index in [4.69, 9.17) is 43.9 Å². The number of imidazole rings is 1. The number of ether oxygens (including phenoxy) is 2. The number of H-pyrrole nitrogens is 1. The molecule has 3 heterocycles. The van der Waals surface area contributed by atoms with Gasteiger partial charge in [0.25, 0.3) is 5.56 Å². The van der Waals surface area contributed by atoms with Crippen molar-refractivity contribution in [2.24, 2.45) is 33.7 Å². The van der Waals surface area contributed by atoms with Gasteiger partial charge < -0.3 is 79.5 Å². The number of nitrogens with one attached hydrogen (secondary N) is 3. The average molecular weight is 656 g/mol. The van der Waals surface area contributed by atoms with Crippen LogP contribution in [0.25, 0.3) is 11.2 Å². The van der Waals surface area contributed by atoms with Crippen molar-refractivity contribution in [3.05, 3.63) is 16.7 Å². The van der Waals surface area contributed by atoms with Crippen LogP contribution in [-0.4, -0.2) is 138 Å². The van der Waals surface area contributed by atoms with E-state index < -0.39 is 84.5 Å². The van der Waals surface area contributed by atoms with Gasteiger partial charge in [0.2, 0.25) is 17.8 Å². The van der Waals surface area contributed by atoms with Crippen molar-refractivity contribution in [2.45, 2.75) is 86.5 Å². The van der Waals surface area contributed by atoms with Crippen molar-refractivity contribution in [3.8, 4) is 0 Å². The molecule has 0 spiro atoms. The number of anilines is 1. The largest absolute Gasteiger partial charge is 0.389 e. The molecule has 1 saturated heterocycles. The number of guanidine groups is 1. The SMILES string of the molecule is NC(N)=NCCC(NC(=O)Cn1cnc2c(=O)[nH]c(N)nc21)C(=O)NC[C@H]1O[C@H](O[C@H]2[C@H](O)[C@@H](O)[C@H](N)C[C@@H]2N)[C@H](N)[C@@H](O)[C@@H]1O. The summed E-state index contributed by atoms with van der Waals surface area (Å²) in [6.07, 6.45) is -8.57. The quantitative estimate of drug-likeness (QED) is 0.0789. The molecule has 1 saturated carbocycles. The third-order valence-corrected chi connectivity index (χ3v) is 7.78. The van der Waals surface area contributed by atoms with E-state index >= 15 is 0 Å². The van der Waals surface area contributed by atoms with Crippen LogP contribution in [0.3, 0.4) is 0 Å². The zero-order valence-electron chi connectivity index (χ0n) is 24.5. The summed E-state index contributed by atoms with van der Waals surface area (Å²) in [4.78, 5) is 52.3. The smallest absolute Gasteiger partial charge is 0.280 e. The van der Waals surface area contributed by atoms with E-state index in [1.54, 1.807) is 0 Å². The number of aliphatic hydroxyl groups is 4. The fraction of sp³-hybridized carbons (Fsp3) is 0.667. The summed E-state index contributed by atoms with van der Waals surface area (Å²) in [7, 11) is 0. The second-order valence-electron chi connectivity index (χ2n) is 11.2. The molecule has 22 nitrogen and oxygen atoms in total. The molecule has 2 aliphatic rings. The molecule has 1 aliphatic carbocycles. The second-order valence-corrected chi connectivity index (χ2v) is 11.2. The lowest BCUT2D eigenvalue weighted by atomic mass is 9.84. The lowest BCUT2D eigenvalue weighted by Gasteiger charge is -2.46. The van der Waals surface area contributed by atoms with Crippen molar-refractivity contribution in [3.63, 3.8) is 0 Å². The molecule has 2 aromatic heterocycles. The fourth-order valence-corrected chi connectivity index (χ4v) is 5.27. The number of aromatic amines is 1. The maximum Gasteiger partial charge on any atom is 0.280 e. The Labute approximate surface area is 260 Å². The van der Waals surface area contributed by atoms with Crippen LogP contribution in [0.1, 0.15) is 12.8 Å². The zero-order valence-corrected chi connectivity index (χ0v) is 24.5. The Morgan fingerprint density at radius 2 is 1.85 bits per heavy atom.